The van der Waals surface area contributed by atoms with Crippen molar-refractivity contribution in [2.24, 2.45) is 17.6 Å². The zero-order valence-corrected chi connectivity index (χ0v) is 18.4. The van der Waals surface area contributed by atoms with E-state index in [0.29, 0.717) is 11.8 Å². The van der Waals surface area contributed by atoms with Gasteiger partial charge in [-0.3, -0.25) is 20.9 Å². The first kappa shape index (κ1) is 21.4. The molecular formula is C25H34N5O+. The Morgan fingerprint density at radius 3 is 2.52 bits per heavy atom. The second-order valence-corrected chi connectivity index (χ2v) is 9.11. The Morgan fingerprint density at radius 1 is 1.06 bits per heavy atom. The molecule has 4 N–H and O–H groups in total. The molecule has 0 saturated carbocycles. The van der Waals surface area contributed by atoms with Crippen LogP contribution in [-0.2, 0) is 6.54 Å². The first-order valence-corrected chi connectivity index (χ1v) is 11.3. The highest BCUT2D eigenvalue weighted by atomic mass is 16.2. The number of rotatable bonds is 6. The molecule has 2 saturated heterocycles. The molecule has 0 spiro atoms. The maximum Gasteiger partial charge on any atom is 0.324 e. The zero-order valence-electron chi connectivity index (χ0n) is 18.4. The van der Waals surface area contributed by atoms with Gasteiger partial charge in [-0.1, -0.05) is 43.3 Å². The lowest BCUT2D eigenvalue weighted by Gasteiger charge is -2.42. The number of hydrogen-bond acceptors (Lipinski definition) is 2. The monoisotopic (exact) mass is 420 g/mol. The predicted molar refractivity (Wildman–Crippen MR) is 125 cm³/mol. The molecule has 2 aromatic carbocycles. The lowest BCUT2D eigenvalue weighted by molar-refractivity contribution is -0.114. The quantitative estimate of drug-likeness (QED) is 0.554. The number of nitrogens with two attached hydrogens (primary N) is 2. The van der Waals surface area contributed by atoms with Crippen LogP contribution in [0.5, 0.6) is 0 Å². The third-order valence-electron chi connectivity index (χ3n) is 6.45. The summed E-state index contributed by atoms with van der Waals surface area (Å²) < 4.78 is 0. The molecule has 2 heterocycles. The molecule has 1 unspecified atom stereocenters. The van der Waals surface area contributed by atoms with Crippen molar-refractivity contribution >= 4 is 17.6 Å². The molecule has 2 fully saturated rings. The van der Waals surface area contributed by atoms with Gasteiger partial charge in [0.25, 0.3) is 5.84 Å². The minimum Gasteiger partial charge on any atom is -0.324 e. The van der Waals surface area contributed by atoms with Gasteiger partial charge in [-0.15, -0.1) is 0 Å². The van der Waals surface area contributed by atoms with Crippen molar-refractivity contribution in [3.8, 4) is 0 Å². The van der Waals surface area contributed by atoms with Gasteiger partial charge in [-0.05, 0) is 61.5 Å². The molecule has 0 aliphatic carbocycles. The van der Waals surface area contributed by atoms with E-state index in [-0.39, 0.29) is 11.9 Å². The molecule has 0 radical (unpaired) electrons. The van der Waals surface area contributed by atoms with Crippen molar-refractivity contribution in [2.75, 3.05) is 37.6 Å². The fourth-order valence-electron chi connectivity index (χ4n) is 4.77. The lowest BCUT2D eigenvalue weighted by Crippen LogP contribution is -2.54. The summed E-state index contributed by atoms with van der Waals surface area (Å²) in [5.41, 5.74) is 8.76. The number of hydrogen-bond donors (Lipinski definition) is 2. The van der Waals surface area contributed by atoms with Gasteiger partial charge in [-0.2, -0.15) is 0 Å². The van der Waals surface area contributed by atoms with Gasteiger partial charge in [0.2, 0.25) is 0 Å². The predicted octanol–water partition coefficient (Wildman–Crippen LogP) is 1.94. The number of carbonyl (C=O) groups is 1. The standard InChI is InChI=1S/C25H33N5O/c1-19-15-29(25(31)30(16-19)23-9-5-8-22(14-23)24(26)27)18-21-10-12-28(13-11-21)17-20-6-3-2-4-7-20/h2-9,14,19,21H,10-13,15-18H2,1H3,(H3,26,27)/p+1. The molecular weight excluding hydrogens is 386 g/mol. The summed E-state index contributed by atoms with van der Waals surface area (Å²) in [4.78, 5) is 19.8. The molecule has 2 amide bonds. The molecule has 2 aliphatic heterocycles. The largest absolute Gasteiger partial charge is 0.324 e. The summed E-state index contributed by atoms with van der Waals surface area (Å²) in [7, 11) is 0. The van der Waals surface area contributed by atoms with Crippen LogP contribution in [0.3, 0.4) is 0 Å². The Labute approximate surface area is 185 Å². The van der Waals surface area contributed by atoms with Crippen LogP contribution in [0.1, 0.15) is 30.9 Å². The summed E-state index contributed by atoms with van der Waals surface area (Å²) in [5, 5.41) is 5.76. The number of anilines is 1. The second-order valence-electron chi connectivity index (χ2n) is 9.11. The van der Waals surface area contributed by atoms with E-state index in [0.717, 1.165) is 63.4 Å². The SMILES string of the molecule is CC1CN(CC2CCN(Cc3ccccc3)CC2)C(=O)N(c2cccc(C(N)=[NH2+])c2)C1. The van der Waals surface area contributed by atoms with E-state index in [1.54, 1.807) is 0 Å². The zero-order chi connectivity index (χ0) is 21.8. The summed E-state index contributed by atoms with van der Waals surface area (Å²) in [6.07, 6.45) is 2.28. The van der Waals surface area contributed by atoms with Crippen molar-refractivity contribution in [1.82, 2.24) is 9.80 Å². The molecule has 4 rings (SSSR count). The highest BCUT2D eigenvalue weighted by molar-refractivity contribution is 5.97. The topological polar surface area (TPSA) is 78.4 Å². The smallest absolute Gasteiger partial charge is 0.324 e. The molecule has 1 atom stereocenters. The number of nitrogens with zero attached hydrogens (tertiary/aromatic N) is 3. The highest BCUT2D eigenvalue weighted by Crippen LogP contribution is 2.26. The Kier molecular flexibility index (Phi) is 6.56. The van der Waals surface area contributed by atoms with Gasteiger partial charge in [0, 0.05) is 31.9 Å². The first-order valence-electron chi connectivity index (χ1n) is 11.3. The first-order chi connectivity index (χ1) is 15.0. The van der Waals surface area contributed by atoms with E-state index >= 15 is 0 Å². The van der Waals surface area contributed by atoms with Gasteiger partial charge < -0.3 is 4.90 Å². The normalized spacial score (nSPS) is 20.8. The summed E-state index contributed by atoms with van der Waals surface area (Å²) in [6.45, 7) is 7.79. The van der Waals surface area contributed by atoms with E-state index < -0.39 is 0 Å². The summed E-state index contributed by atoms with van der Waals surface area (Å²) >= 11 is 0. The molecule has 0 aromatic heterocycles. The minimum absolute atomic E-state index is 0.0950. The van der Waals surface area contributed by atoms with Gasteiger partial charge in [0.15, 0.2) is 0 Å². The number of amides is 2. The average molecular weight is 421 g/mol. The fraction of sp³-hybridized carbons (Fsp3) is 0.440. The lowest BCUT2D eigenvalue weighted by atomic mass is 9.95. The number of benzene rings is 2. The second kappa shape index (κ2) is 9.52. The number of carbonyl (C=O) groups excluding carboxylic acids is 1. The van der Waals surface area contributed by atoms with Crippen LogP contribution >= 0.6 is 0 Å². The molecule has 31 heavy (non-hydrogen) atoms. The third-order valence-corrected chi connectivity index (χ3v) is 6.45. The third kappa shape index (κ3) is 5.25. The Bertz CT molecular complexity index is 907. The van der Waals surface area contributed by atoms with Crippen LogP contribution in [0.2, 0.25) is 0 Å². The maximum atomic E-state index is 13.3. The van der Waals surface area contributed by atoms with Crippen molar-refractivity contribution in [2.45, 2.75) is 26.3 Å². The van der Waals surface area contributed by atoms with Crippen LogP contribution in [0.15, 0.2) is 54.6 Å². The van der Waals surface area contributed by atoms with Crippen LogP contribution in [0, 0.1) is 11.8 Å². The van der Waals surface area contributed by atoms with Crippen LogP contribution < -0.4 is 16.0 Å². The van der Waals surface area contributed by atoms with Gasteiger partial charge in [0.05, 0.1) is 5.56 Å². The summed E-state index contributed by atoms with van der Waals surface area (Å²) in [5.74, 6) is 1.25. The molecule has 6 heteroatoms. The molecule has 164 valence electrons. The Hall–Kier alpha value is -2.86. The Balaban J connectivity index is 1.36. The van der Waals surface area contributed by atoms with E-state index in [1.807, 2.05) is 34.1 Å². The van der Waals surface area contributed by atoms with E-state index in [9.17, 15) is 4.79 Å². The average Bonchev–Trinajstić information content (AvgIpc) is 2.78. The number of likely N-dealkylation sites (tertiary alicyclic amines) is 1. The van der Waals surface area contributed by atoms with Crippen LogP contribution in [-0.4, -0.2) is 54.4 Å². The van der Waals surface area contributed by atoms with Crippen molar-refractivity contribution in [3.63, 3.8) is 0 Å². The molecule has 6 nitrogen and oxygen atoms in total. The van der Waals surface area contributed by atoms with Gasteiger partial charge >= 0.3 is 6.03 Å². The van der Waals surface area contributed by atoms with Crippen LogP contribution in [0.4, 0.5) is 10.5 Å². The number of piperidine rings is 1. The van der Waals surface area contributed by atoms with E-state index in [1.165, 1.54) is 5.56 Å². The summed E-state index contributed by atoms with van der Waals surface area (Å²) in [6, 6.07) is 18.4. The van der Waals surface area contributed by atoms with Crippen molar-refractivity contribution < 1.29 is 10.2 Å². The molecule has 2 aromatic rings. The number of amidine groups is 1. The van der Waals surface area contributed by atoms with Crippen molar-refractivity contribution in [1.29, 1.82) is 0 Å². The Morgan fingerprint density at radius 2 is 1.81 bits per heavy atom. The fourth-order valence-corrected chi connectivity index (χ4v) is 4.77. The highest BCUT2D eigenvalue weighted by Gasteiger charge is 2.33. The van der Waals surface area contributed by atoms with Gasteiger partial charge in [-0.25, -0.2) is 4.79 Å². The molecule has 2 aliphatic rings. The van der Waals surface area contributed by atoms with Crippen LogP contribution in [0.25, 0.3) is 0 Å². The van der Waals surface area contributed by atoms with Gasteiger partial charge in [0.1, 0.15) is 0 Å². The molecule has 0 bridgehead atoms. The minimum atomic E-state index is 0.0950. The van der Waals surface area contributed by atoms with Crippen molar-refractivity contribution in [3.05, 3.63) is 65.7 Å². The van der Waals surface area contributed by atoms with E-state index in [4.69, 9.17) is 11.1 Å². The number of urea groups is 1. The maximum absolute atomic E-state index is 13.3. The van der Waals surface area contributed by atoms with E-state index in [2.05, 4.69) is 42.2 Å².